The summed E-state index contributed by atoms with van der Waals surface area (Å²) in [6.07, 6.45) is 5.38. The smallest absolute Gasteiger partial charge is 0.145 e. The van der Waals surface area contributed by atoms with Gasteiger partial charge in [-0.15, -0.1) is 0 Å². The highest BCUT2D eigenvalue weighted by atomic mass is 79.9. The van der Waals surface area contributed by atoms with Crippen molar-refractivity contribution in [2.24, 2.45) is 11.8 Å². The van der Waals surface area contributed by atoms with E-state index in [2.05, 4.69) is 35.1 Å². The topological polar surface area (TPSA) is 12.0 Å². The van der Waals surface area contributed by atoms with E-state index < -0.39 is 11.6 Å². The zero-order valence-corrected chi connectivity index (χ0v) is 14.3. The molecule has 1 aliphatic carbocycles. The van der Waals surface area contributed by atoms with Crippen LogP contribution in [0.1, 0.15) is 57.6 Å². The van der Waals surface area contributed by atoms with Crippen molar-refractivity contribution >= 4 is 15.9 Å². The Morgan fingerprint density at radius 2 is 2.05 bits per heavy atom. The van der Waals surface area contributed by atoms with E-state index in [-0.39, 0.29) is 11.6 Å². The van der Waals surface area contributed by atoms with Crippen LogP contribution in [0.15, 0.2) is 16.6 Å². The Labute approximate surface area is 134 Å². The molecule has 0 amide bonds. The fourth-order valence-electron chi connectivity index (χ4n) is 3.42. The van der Waals surface area contributed by atoms with Crippen LogP contribution in [0.2, 0.25) is 0 Å². The van der Waals surface area contributed by atoms with Crippen molar-refractivity contribution in [1.29, 1.82) is 0 Å². The van der Waals surface area contributed by atoms with Crippen molar-refractivity contribution in [3.05, 3.63) is 33.8 Å². The minimum Gasteiger partial charge on any atom is -0.310 e. The molecule has 1 fully saturated rings. The number of benzene rings is 1. The summed E-state index contributed by atoms with van der Waals surface area (Å²) < 4.78 is 29.0. The first kappa shape index (κ1) is 16.9. The summed E-state index contributed by atoms with van der Waals surface area (Å²) in [5.41, 5.74) is 0.208. The minimum atomic E-state index is -0.455. The van der Waals surface area contributed by atoms with Crippen LogP contribution in [0.5, 0.6) is 0 Å². The van der Waals surface area contributed by atoms with E-state index in [1.54, 1.807) is 0 Å². The molecule has 4 heteroatoms. The Morgan fingerprint density at radius 1 is 1.29 bits per heavy atom. The van der Waals surface area contributed by atoms with Gasteiger partial charge in [0.25, 0.3) is 0 Å². The zero-order valence-electron chi connectivity index (χ0n) is 12.8. The summed E-state index contributed by atoms with van der Waals surface area (Å²) in [5.74, 6) is 0.117. The van der Waals surface area contributed by atoms with E-state index >= 15 is 0 Å². The molecule has 0 spiro atoms. The second kappa shape index (κ2) is 7.68. The van der Waals surface area contributed by atoms with E-state index in [1.807, 2.05) is 0 Å². The van der Waals surface area contributed by atoms with E-state index in [0.29, 0.717) is 16.3 Å². The number of hydrogen-bond donors (Lipinski definition) is 1. The Balaban J connectivity index is 2.30. The van der Waals surface area contributed by atoms with Gasteiger partial charge in [-0.05, 0) is 65.7 Å². The summed E-state index contributed by atoms with van der Waals surface area (Å²) in [6.45, 7) is 5.05. The van der Waals surface area contributed by atoms with Crippen molar-refractivity contribution in [2.75, 3.05) is 6.54 Å². The molecule has 21 heavy (non-hydrogen) atoms. The quantitative estimate of drug-likeness (QED) is 0.652. The lowest BCUT2D eigenvalue weighted by Gasteiger charge is -2.26. The van der Waals surface area contributed by atoms with E-state index in [4.69, 9.17) is 0 Å². The van der Waals surface area contributed by atoms with Gasteiger partial charge in [0, 0.05) is 11.6 Å². The van der Waals surface area contributed by atoms with Gasteiger partial charge in [-0.3, -0.25) is 0 Å². The Bertz CT molecular complexity index is 478. The Morgan fingerprint density at radius 3 is 2.67 bits per heavy atom. The summed E-state index contributed by atoms with van der Waals surface area (Å²) in [6, 6.07) is 2.57. The first-order valence-corrected chi connectivity index (χ1v) is 8.74. The predicted octanol–water partition coefficient (Wildman–Crippen LogP) is 5.59. The molecule has 0 radical (unpaired) electrons. The lowest BCUT2D eigenvalue weighted by Crippen LogP contribution is -2.30. The SMILES string of the molecule is CCCNC(c1c(F)ccc(Br)c1F)C1CCC(CC)C1. The van der Waals surface area contributed by atoms with Crippen LogP contribution in [-0.4, -0.2) is 6.54 Å². The predicted molar refractivity (Wildman–Crippen MR) is 86.2 cm³/mol. The molecule has 1 aliphatic rings. The van der Waals surface area contributed by atoms with Crippen molar-refractivity contribution < 1.29 is 8.78 Å². The third kappa shape index (κ3) is 3.84. The summed E-state index contributed by atoms with van der Waals surface area (Å²) >= 11 is 3.18. The zero-order chi connectivity index (χ0) is 15.4. The van der Waals surface area contributed by atoms with Crippen LogP contribution in [0.3, 0.4) is 0 Å². The number of rotatable bonds is 6. The monoisotopic (exact) mass is 359 g/mol. The van der Waals surface area contributed by atoms with Gasteiger partial charge in [0.2, 0.25) is 0 Å². The second-order valence-corrected chi connectivity index (χ2v) is 6.89. The maximum absolute atomic E-state index is 14.4. The Kier molecular flexibility index (Phi) is 6.18. The van der Waals surface area contributed by atoms with Crippen LogP contribution in [0, 0.1) is 23.5 Å². The minimum absolute atomic E-state index is 0.208. The molecule has 1 N–H and O–H groups in total. The van der Waals surface area contributed by atoms with Crippen LogP contribution in [0.25, 0.3) is 0 Å². The van der Waals surface area contributed by atoms with Crippen LogP contribution in [0.4, 0.5) is 8.78 Å². The molecule has 1 nitrogen and oxygen atoms in total. The van der Waals surface area contributed by atoms with Gasteiger partial charge in [0.1, 0.15) is 11.6 Å². The molecule has 3 atom stereocenters. The average Bonchev–Trinajstić information content (AvgIpc) is 2.95. The number of nitrogens with one attached hydrogen (secondary N) is 1. The van der Waals surface area contributed by atoms with Gasteiger partial charge >= 0.3 is 0 Å². The first-order chi connectivity index (χ1) is 10.1. The molecule has 118 valence electrons. The van der Waals surface area contributed by atoms with E-state index in [0.717, 1.165) is 32.2 Å². The van der Waals surface area contributed by atoms with Crippen molar-refractivity contribution in [3.8, 4) is 0 Å². The largest absolute Gasteiger partial charge is 0.310 e. The third-order valence-corrected chi connectivity index (χ3v) is 5.25. The number of hydrogen-bond acceptors (Lipinski definition) is 1. The maximum Gasteiger partial charge on any atom is 0.145 e. The highest BCUT2D eigenvalue weighted by Gasteiger charge is 2.34. The molecule has 0 saturated heterocycles. The molecule has 1 aromatic rings. The van der Waals surface area contributed by atoms with Crippen molar-refractivity contribution in [1.82, 2.24) is 5.32 Å². The van der Waals surface area contributed by atoms with Gasteiger partial charge in [-0.2, -0.15) is 0 Å². The normalized spacial score (nSPS) is 23.5. The van der Waals surface area contributed by atoms with Gasteiger partial charge in [-0.1, -0.05) is 26.7 Å². The van der Waals surface area contributed by atoms with E-state index in [1.165, 1.54) is 18.6 Å². The highest BCUT2D eigenvalue weighted by molar-refractivity contribution is 9.10. The summed E-state index contributed by atoms with van der Waals surface area (Å²) in [5, 5.41) is 3.38. The molecule has 2 rings (SSSR count). The van der Waals surface area contributed by atoms with Gasteiger partial charge in [-0.25, -0.2) is 8.78 Å². The molecule has 0 heterocycles. The molecule has 0 aliphatic heterocycles. The lowest BCUT2D eigenvalue weighted by atomic mass is 9.89. The molecule has 0 bridgehead atoms. The van der Waals surface area contributed by atoms with Gasteiger partial charge < -0.3 is 5.32 Å². The molecule has 3 unspecified atom stereocenters. The fraction of sp³-hybridized carbons (Fsp3) is 0.647. The average molecular weight is 360 g/mol. The van der Waals surface area contributed by atoms with Crippen LogP contribution < -0.4 is 5.32 Å². The molecule has 0 aromatic heterocycles. The second-order valence-electron chi connectivity index (χ2n) is 6.04. The van der Waals surface area contributed by atoms with Gasteiger partial charge in [0.05, 0.1) is 4.47 Å². The highest BCUT2D eigenvalue weighted by Crippen LogP contribution is 2.42. The first-order valence-electron chi connectivity index (χ1n) is 7.95. The van der Waals surface area contributed by atoms with Crippen molar-refractivity contribution in [2.45, 2.75) is 52.0 Å². The van der Waals surface area contributed by atoms with Crippen LogP contribution >= 0.6 is 15.9 Å². The summed E-state index contributed by atoms with van der Waals surface area (Å²) in [7, 11) is 0. The van der Waals surface area contributed by atoms with E-state index in [9.17, 15) is 8.78 Å². The fourth-order valence-corrected chi connectivity index (χ4v) is 3.77. The molecular weight excluding hydrogens is 336 g/mol. The van der Waals surface area contributed by atoms with Crippen molar-refractivity contribution in [3.63, 3.8) is 0 Å². The number of halogens is 3. The Hall–Kier alpha value is -0.480. The summed E-state index contributed by atoms with van der Waals surface area (Å²) in [4.78, 5) is 0. The molecule has 1 aromatic carbocycles. The van der Waals surface area contributed by atoms with Crippen LogP contribution in [-0.2, 0) is 0 Å². The lowest BCUT2D eigenvalue weighted by molar-refractivity contribution is 0.333. The maximum atomic E-state index is 14.4. The molecule has 1 saturated carbocycles. The van der Waals surface area contributed by atoms with Gasteiger partial charge in [0.15, 0.2) is 0 Å². The molecular formula is C17H24BrF2N. The third-order valence-electron chi connectivity index (χ3n) is 4.64. The standard InChI is InChI=1S/C17H24BrF2N/c1-3-9-21-17(12-6-5-11(4-2)10-12)15-14(19)8-7-13(18)16(15)20/h7-8,11-12,17,21H,3-6,9-10H2,1-2H3.